The molecule has 3 rings (SSSR count). The Bertz CT molecular complexity index is 1160. The predicted octanol–water partition coefficient (Wildman–Crippen LogP) is 4.80. The molecule has 0 aliphatic carbocycles. The molecule has 0 saturated heterocycles. The fraction of sp³-hybridized carbons (Fsp3) is 0.105. The largest absolute Gasteiger partial charge is 0.494 e. The van der Waals surface area contributed by atoms with Crippen molar-refractivity contribution >= 4 is 44.6 Å². The van der Waals surface area contributed by atoms with E-state index in [-0.39, 0.29) is 20.0 Å². The number of benzene rings is 2. The molecule has 0 amide bonds. The molecule has 0 fully saturated rings. The second-order valence-corrected chi connectivity index (χ2v) is 9.34. The predicted molar refractivity (Wildman–Crippen MR) is 110 cm³/mol. The molecule has 0 unspecified atom stereocenters. The molecule has 1 N–H and O–H groups in total. The first-order valence-corrected chi connectivity index (χ1v) is 10.8. The number of anilines is 1. The molecule has 0 aliphatic heterocycles. The normalized spacial score (nSPS) is 11.2. The quantitative estimate of drug-likeness (QED) is 0.540. The summed E-state index contributed by atoms with van der Waals surface area (Å²) < 4.78 is 51.4. The van der Waals surface area contributed by atoms with Crippen LogP contribution in [0.1, 0.15) is 10.4 Å². The molecule has 0 aliphatic rings. The number of hydrogen-bond acceptors (Lipinski definition) is 6. The van der Waals surface area contributed by atoms with Crippen molar-refractivity contribution in [2.75, 3.05) is 18.9 Å². The smallest absolute Gasteiger partial charge is 0.337 e. The van der Waals surface area contributed by atoms with Gasteiger partial charge in [-0.05, 0) is 48.0 Å². The van der Waals surface area contributed by atoms with Gasteiger partial charge in [0.1, 0.15) is 8.55 Å². The van der Waals surface area contributed by atoms with E-state index in [2.05, 4.69) is 9.46 Å². The molecule has 3 aromatic rings. The average molecular weight is 456 g/mol. The van der Waals surface area contributed by atoms with E-state index in [1.165, 1.54) is 56.7 Å². The number of sulfonamides is 1. The van der Waals surface area contributed by atoms with Crippen molar-refractivity contribution in [3.63, 3.8) is 0 Å². The van der Waals surface area contributed by atoms with Crippen LogP contribution in [0.2, 0.25) is 4.34 Å². The molecule has 29 heavy (non-hydrogen) atoms. The van der Waals surface area contributed by atoms with Crippen LogP contribution >= 0.6 is 22.9 Å². The lowest BCUT2D eigenvalue weighted by atomic mass is 10.1. The number of ether oxygens (including phenoxy) is 2. The maximum Gasteiger partial charge on any atom is 0.337 e. The van der Waals surface area contributed by atoms with E-state index in [9.17, 15) is 17.6 Å². The maximum absolute atomic E-state index is 14.0. The molecule has 6 nitrogen and oxygen atoms in total. The molecule has 0 atom stereocenters. The number of esters is 1. The van der Waals surface area contributed by atoms with E-state index in [0.717, 1.165) is 11.3 Å². The summed E-state index contributed by atoms with van der Waals surface area (Å²) in [6.45, 7) is 0. The molecule has 152 valence electrons. The number of halogens is 2. The summed E-state index contributed by atoms with van der Waals surface area (Å²) in [5, 5.41) is 0. The highest BCUT2D eigenvalue weighted by Crippen LogP contribution is 2.39. The summed E-state index contributed by atoms with van der Waals surface area (Å²) >= 11 is 7.06. The zero-order chi connectivity index (χ0) is 21.2. The van der Waals surface area contributed by atoms with Crippen molar-refractivity contribution in [1.29, 1.82) is 0 Å². The Morgan fingerprint density at radius 1 is 1.10 bits per heavy atom. The van der Waals surface area contributed by atoms with Crippen molar-refractivity contribution in [2.24, 2.45) is 0 Å². The zero-order valence-electron chi connectivity index (χ0n) is 15.2. The summed E-state index contributed by atoms with van der Waals surface area (Å²) in [7, 11) is -1.33. The first-order chi connectivity index (χ1) is 13.7. The Morgan fingerprint density at radius 2 is 1.79 bits per heavy atom. The number of nitrogens with one attached hydrogen (secondary N) is 1. The lowest BCUT2D eigenvalue weighted by Gasteiger charge is -2.07. The van der Waals surface area contributed by atoms with Crippen LogP contribution in [0.5, 0.6) is 5.75 Å². The van der Waals surface area contributed by atoms with E-state index < -0.39 is 21.8 Å². The summed E-state index contributed by atoms with van der Waals surface area (Å²) in [6.07, 6.45) is 0. The Morgan fingerprint density at radius 3 is 2.38 bits per heavy atom. The number of hydrogen-bond donors (Lipinski definition) is 1. The molecule has 2 aromatic carbocycles. The fourth-order valence-electron chi connectivity index (χ4n) is 2.51. The van der Waals surface area contributed by atoms with Crippen molar-refractivity contribution in [3.05, 3.63) is 64.2 Å². The number of carbonyl (C=O) groups excluding carboxylic acids is 1. The summed E-state index contributed by atoms with van der Waals surface area (Å²) in [5.74, 6) is -1.04. The highest BCUT2D eigenvalue weighted by molar-refractivity contribution is 7.94. The number of rotatable bonds is 6. The van der Waals surface area contributed by atoms with Gasteiger partial charge in [-0.15, -0.1) is 11.3 Å². The molecule has 1 aromatic heterocycles. The summed E-state index contributed by atoms with van der Waals surface area (Å²) in [6, 6.07) is 11.4. The fourth-order valence-corrected chi connectivity index (χ4v) is 5.33. The number of thiophene rings is 1. The molecular formula is C19H15ClFNO5S2. The van der Waals surface area contributed by atoms with Gasteiger partial charge in [-0.3, -0.25) is 4.72 Å². The van der Waals surface area contributed by atoms with Gasteiger partial charge in [0.15, 0.2) is 11.6 Å². The average Bonchev–Trinajstić information content (AvgIpc) is 3.10. The second kappa shape index (κ2) is 8.40. The zero-order valence-corrected chi connectivity index (χ0v) is 17.6. The summed E-state index contributed by atoms with van der Waals surface area (Å²) in [4.78, 5) is 11.5. The third-order valence-corrected chi connectivity index (χ3v) is 7.16. The minimum atomic E-state index is -3.94. The highest BCUT2D eigenvalue weighted by Gasteiger charge is 2.21. The minimum absolute atomic E-state index is 0.0363. The molecule has 1 heterocycles. The van der Waals surface area contributed by atoms with Gasteiger partial charge in [0.2, 0.25) is 0 Å². The van der Waals surface area contributed by atoms with Crippen LogP contribution in [0.15, 0.2) is 52.7 Å². The van der Waals surface area contributed by atoms with Crippen LogP contribution in [0.3, 0.4) is 0 Å². The Labute approximate surface area is 175 Å². The van der Waals surface area contributed by atoms with Gasteiger partial charge in [-0.2, -0.15) is 0 Å². The molecular weight excluding hydrogens is 441 g/mol. The van der Waals surface area contributed by atoms with E-state index in [1.54, 1.807) is 6.07 Å². The van der Waals surface area contributed by atoms with Crippen molar-refractivity contribution in [1.82, 2.24) is 0 Å². The SMILES string of the molecule is COC(=O)c1ccc(NS(=O)(=O)c2cc(-c3ccc(OC)c(F)c3)c(Cl)s2)cc1. The van der Waals surface area contributed by atoms with Gasteiger partial charge < -0.3 is 9.47 Å². The van der Waals surface area contributed by atoms with Crippen molar-refractivity contribution < 1.29 is 27.1 Å². The van der Waals surface area contributed by atoms with Crippen LogP contribution in [0.25, 0.3) is 11.1 Å². The van der Waals surface area contributed by atoms with Gasteiger partial charge in [0.05, 0.1) is 19.8 Å². The molecule has 0 spiro atoms. The van der Waals surface area contributed by atoms with E-state index >= 15 is 0 Å². The minimum Gasteiger partial charge on any atom is -0.494 e. The van der Waals surface area contributed by atoms with Crippen LogP contribution in [0.4, 0.5) is 10.1 Å². The Kier molecular flexibility index (Phi) is 6.11. The van der Waals surface area contributed by atoms with Crippen LogP contribution < -0.4 is 9.46 Å². The van der Waals surface area contributed by atoms with E-state index in [1.807, 2.05) is 0 Å². The number of methoxy groups -OCH3 is 2. The maximum atomic E-state index is 14.0. The third-order valence-electron chi connectivity index (χ3n) is 3.95. The van der Waals surface area contributed by atoms with Crippen LogP contribution in [-0.2, 0) is 14.8 Å². The molecule has 10 heteroatoms. The van der Waals surface area contributed by atoms with E-state index in [0.29, 0.717) is 16.7 Å². The van der Waals surface area contributed by atoms with Gasteiger partial charge in [0.25, 0.3) is 10.0 Å². The lowest BCUT2D eigenvalue weighted by Crippen LogP contribution is -2.11. The monoisotopic (exact) mass is 455 g/mol. The molecule has 0 radical (unpaired) electrons. The van der Waals surface area contributed by atoms with E-state index in [4.69, 9.17) is 16.3 Å². The molecule has 0 saturated carbocycles. The van der Waals surface area contributed by atoms with Gasteiger partial charge in [0, 0.05) is 11.3 Å². The Balaban J connectivity index is 1.87. The van der Waals surface area contributed by atoms with Gasteiger partial charge in [-0.25, -0.2) is 17.6 Å². The Hall–Kier alpha value is -2.62. The highest BCUT2D eigenvalue weighted by atomic mass is 35.5. The van der Waals surface area contributed by atoms with Crippen LogP contribution in [0, 0.1) is 5.82 Å². The number of carbonyl (C=O) groups is 1. The molecule has 0 bridgehead atoms. The van der Waals surface area contributed by atoms with Gasteiger partial charge in [-0.1, -0.05) is 17.7 Å². The van der Waals surface area contributed by atoms with Gasteiger partial charge >= 0.3 is 5.97 Å². The second-order valence-electron chi connectivity index (χ2n) is 5.78. The van der Waals surface area contributed by atoms with Crippen molar-refractivity contribution in [3.8, 4) is 16.9 Å². The standard InChI is InChI=1S/C19H15ClFNO5S2/c1-26-16-8-5-12(9-15(16)21)14-10-17(28-18(14)20)29(24,25)22-13-6-3-11(4-7-13)19(23)27-2/h3-10,22H,1-2H3. The van der Waals surface area contributed by atoms with Crippen LogP contribution in [-0.4, -0.2) is 28.6 Å². The van der Waals surface area contributed by atoms with Crippen molar-refractivity contribution in [2.45, 2.75) is 4.21 Å². The summed E-state index contributed by atoms with van der Waals surface area (Å²) in [5.41, 5.74) is 1.37. The third kappa shape index (κ3) is 4.52. The first-order valence-electron chi connectivity index (χ1n) is 8.09. The first kappa shape index (κ1) is 21.1. The topological polar surface area (TPSA) is 81.7 Å². The lowest BCUT2D eigenvalue weighted by molar-refractivity contribution is 0.0600.